The summed E-state index contributed by atoms with van der Waals surface area (Å²) in [4.78, 5) is 2.65. The van der Waals surface area contributed by atoms with E-state index in [-0.39, 0.29) is 0 Å². The molecule has 0 aliphatic carbocycles. The van der Waals surface area contributed by atoms with Gasteiger partial charge in [0.15, 0.2) is 0 Å². The second kappa shape index (κ2) is 4.74. The maximum absolute atomic E-state index is 4.11. The van der Waals surface area contributed by atoms with Gasteiger partial charge < -0.3 is 14.8 Å². The molecule has 2 aliphatic rings. The van der Waals surface area contributed by atoms with Gasteiger partial charge in [-0.05, 0) is 38.8 Å². The number of piperidine rings is 1. The molecule has 0 amide bonds. The molecule has 0 spiro atoms. The van der Waals surface area contributed by atoms with E-state index in [9.17, 15) is 0 Å². The fourth-order valence-corrected chi connectivity index (χ4v) is 3.11. The van der Waals surface area contributed by atoms with Gasteiger partial charge in [0.05, 0.1) is 6.54 Å². The molecule has 2 aliphatic heterocycles. The lowest BCUT2D eigenvalue weighted by Gasteiger charge is -2.35. The minimum absolute atomic E-state index is 0.658. The van der Waals surface area contributed by atoms with Crippen molar-refractivity contribution >= 4 is 0 Å². The molecule has 0 radical (unpaired) electrons. The van der Waals surface area contributed by atoms with E-state index in [0.29, 0.717) is 6.04 Å². The smallest absolute Gasteiger partial charge is 0.146 e. The monoisotopic (exact) mass is 235 g/mol. The zero-order valence-corrected chi connectivity index (χ0v) is 10.5. The fraction of sp³-hybridized carbons (Fsp3) is 0.833. The third-order valence-electron chi connectivity index (χ3n) is 4.17. The van der Waals surface area contributed by atoms with Crippen molar-refractivity contribution < 1.29 is 0 Å². The first-order chi connectivity index (χ1) is 8.33. The van der Waals surface area contributed by atoms with E-state index in [1.165, 1.54) is 38.8 Å². The minimum Gasteiger partial charge on any atom is -0.320 e. The second-order valence-electron chi connectivity index (χ2n) is 5.29. The maximum Gasteiger partial charge on any atom is 0.146 e. The predicted molar refractivity (Wildman–Crippen MR) is 65.5 cm³/mol. The molecular formula is C12H21N5. The van der Waals surface area contributed by atoms with Crippen LogP contribution < -0.4 is 5.32 Å². The Balaban J connectivity index is 1.51. The molecule has 5 nitrogen and oxygen atoms in total. The lowest BCUT2D eigenvalue weighted by Crippen LogP contribution is -2.45. The van der Waals surface area contributed by atoms with E-state index < -0.39 is 0 Å². The van der Waals surface area contributed by atoms with Crippen molar-refractivity contribution in [3.05, 3.63) is 12.2 Å². The lowest BCUT2D eigenvalue weighted by atomic mass is 9.97. The van der Waals surface area contributed by atoms with Gasteiger partial charge in [0.1, 0.15) is 12.2 Å². The summed E-state index contributed by atoms with van der Waals surface area (Å²) in [6.07, 6.45) is 7.12. The van der Waals surface area contributed by atoms with Gasteiger partial charge in [-0.3, -0.25) is 0 Å². The molecule has 2 fully saturated rings. The van der Waals surface area contributed by atoms with E-state index in [1.54, 1.807) is 6.33 Å². The van der Waals surface area contributed by atoms with Crippen LogP contribution in [0.25, 0.3) is 0 Å². The van der Waals surface area contributed by atoms with Gasteiger partial charge in [-0.1, -0.05) is 0 Å². The maximum atomic E-state index is 4.11. The molecule has 94 valence electrons. The van der Waals surface area contributed by atoms with E-state index >= 15 is 0 Å². The van der Waals surface area contributed by atoms with Crippen LogP contribution in [-0.4, -0.2) is 44.8 Å². The Hall–Kier alpha value is -0.940. The summed E-state index contributed by atoms with van der Waals surface area (Å²) in [5.41, 5.74) is 0. The van der Waals surface area contributed by atoms with Gasteiger partial charge in [0.2, 0.25) is 0 Å². The summed E-state index contributed by atoms with van der Waals surface area (Å²) in [5, 5.41) is 11.6. The van der Waals surface area contributed by atoms with Crippen molar-refractivity contribution in [1.29, 1.82) is 0 Å². The lowest BCUT2D eigenvalue weighted by molar-refractivity contribution is 0.166. The summed E-state index contributed by atoms with van der Waals surface area (Å²) in [7, 11) is 2.00. The molecule has 5 heteroatoms. The number of hydrogen-bond acceptors (Lipinski definition) is 4. The Morgan fingerprint density at radius 3 is 3.18 bits per heavy atom. The van der Waals surface area contributed by atoms with Crippen LogP contribution in [-0.2, 0) is 13.6 Å². The van der Waals surface area contributed by atoms with Crippen molar-refractivity contribution in [3.63, 3.8) is 0 Å². The van der Waals surface area contributed by atoms with Crippen molar-refractivity contribution in [2.24, 2.45) is 7.05 Å². The van der Waals surface area contributed by atoms with Crippen molar-refractivity contribution in [3.8, 4) is 0 Å². The van der Waals surface area contributed by atoms with E-state index in [4.69, 9.17) is 0 Å². The number of nitrogens with one attached hydrogen (secondary N) is 1. The van der Waals surface area contributed by atoms with E-state index in [0.717, 1.165) is 18.4 Å². The Morgan fingerprint density at radius 1 is 1.41 bits per heavy atom. The van der Waals surface area contributed by atoms with Crippen molar-refractivity contribution in [1.82, 2.24) is 25.0 Å². The highest BCUT2D eigenvalue weighted by Gasteiger charge is 2.31. The highest BCUT2D eigenvalue weighted by atomic mass is 15.3. The summed E-state index contributed by atoms with van der Waals surface area (Å²) < 4.78 is 1.98. The van der Waals surface area contributed by atoms with E-state index in [1.807, 2.05) is 11.6 Å². The van der Waals surface area contributed by atoms with Crippen LogP contribution in [0.2, 0.25) is 0 Å². The molecule has 0 bridgehead atoms. The highest BCUT2D eigenvalue weighted by Crippen LogP contribution is 2.26. The molecular weight excluding hydrogens is 214 g/mol. The molecule has 3 rings (SSSR count). The van der Waals surface area contributed by atoms with Gasteiger partial charge in [-0.15, -0.1) is 10.2 Å². The van der Waals surface area contributed by atoms with Gasteiger partial charge in [-0.2, -0.15) is 0 Å². The van der Waals surface area contributed by atoms with Crippen LogP contribution in [0.4, 0.5) is 0 Å². The van der Waals surface area contributed by atoms with E-state index in [2.05, 4.69) is 20.4 Å². The number of aromatic nitrogens is 3. The zero-order chi connectivity index (χ0) is 11.7. The molecule has 1 N–H and O–H groups in total. The topological polar surface area (TPSA) is 46.0 Å². The first-order valence-corrected chi connectivity index (χ1v) is 6.63. The van der Waals surface area contributed by atoms with Crippen LogP contribution >= 0.6 is 0 Å². The van der Waals surface area contributed by atoms with Crippen LogP contribution in [0.3, 0.4) is 0 Å². The molecule has 17 heavy (non-hydrogen) atoms. The number of hydrogen-bond donors (Lipinski definition) is 1. The second-order valence-corrected chi connectivity index (χ2v) is 5.29. The highest BCUT2D eigenvalue weighted by molar-refractivity contribution is 4.91. The quantitative estimate of drug-likeness (QED) is 0.830. The average molecular weight is 235 g/mol. The summed E-state index contributed by atoms with van der Waals surface area (Å²) in [6, 6.07) is 1.49. The number of rotatable bonds is 3. The van der Waals surface area contributed by atoms with Gasteiger partial charge in [-0.25, -0.2) is 0 Å². The first kappa shape index (κ1) is 11.2. The van der Waals surface area contributed by atoms with Crippen LogP contribution in [0.5, 0.6) is 0 Å². The number of aryl methyl sites for hydroxylation is 1. The molecule has 2 atom stereocenters. The fourth-order valence-electron chi connectivity index (χ4n) is 3.11. The predicted octanol–water partition coefficient (Wildman–Crippen LogP) is 0.531. The molecule has 1 aromatic rings. The molecule has 0 aromatic carbocycles. The summed E-state index contributed by atoms with van der Waals surface area (Å²) in [5.74, 6) is 1.03. The average Bonchev–Trinajstić information content (AvgIpc) is 2.94. The Labute approximate surface area is 102 Å². The first-order valence-electron chi connectivity index (χ1n) is 6.63. The van der Waals surface area contributed by atoms with Crippen molar-refractivity contribution in [2.75, 3.05) is 13.1 Å². The van der Waals surface area contributed by atoms with Crippen LogP contribution in [0, 0.1) is 0 Å². The van der Waals surface area contributed by atoms with Gasteiger partial charge >= 0.3 is 0 Å². The molecule has 3 heterocycles. The Morgan fingerprint density at radius 2 is 2.35 bits per heavy atom. The number of fused-ring (bicyclic) bond motifs is 1. The minimum atomic E-state index is 0.658. The van der Waals surface area contributed by atoms with Crippen LogP contribution in [0.1, 0.15) is 31.5 Å². The summed E-state index contributed by atoms with van der Waals surface area (Å²) in [6.45, 7) is 3.43. The normalized spacial score (nSPS) is 29.5. The van der Waals surface area contributed by atoms with Crippen molar-refractivity contribution in [2.45, 2.75) is 44.3 Å². The Bertz CT molecular complexity index is 375. The third kappa shape index (κ3) is 2.35. The van der Waals surface area contributed by atoms with Gasteiger partial charge in [0.25, 0.3) is 0 Å². The molecule has 2 unspecified atom stereocenters. The standard InChI is InChI=1S/C12H21N5/c1-16-9-14-15-12(16)8-13-10-4-6-17-5-2-3-11(17)7-10/h9-11,13H,2-8H2,1H3. The number of nitrogens with zero attached hydrogens (tertiary/aromatic N) is 4. The largest absolute Gasteiger partial charge is 0.320 e. The SMILES string of the molecule is Cn1cnnc1CNC1CCN2CCCC2C1. The zero-order valence-electron chi connectivity index (χ0n) is 10.5. The molecule has 1 aromatic heterocycles. The Kier molecular flexibility index (Phi) is 3.11. The molecule has 2 saturated heterocycles. The van der Waals surface area contributed by atoms with Gasteiger partial charge in [0, 0.05) is 19.1 Å². The third-order valence-corrected chi connectivity index (χ3v) is 4.17. The van der Waals surface area contributed by atoms with Crippen LogP contribution in [0.15, 0.2) is 6.33 Å². The summed E-state index contributed by atoms with van der Waals surface area (Å²) >= 11 is 0. The molecule has 0 saturated carbocycles.